The van der Waals surface area contributed by atoms with Gasteiger partial charge in [-0.1, -0.05) is 200 Å². The molecule has 0 radical (unpaired) electrons. The molecule has 0 saturated carbocycles. The second-order valence-corrected chi connectivity index (χ2v) is 17.2. The maximum absolute atomic E-state index is 2.53. The summed E-state index contributed by atoms with van der Waals surface area (Å²) in [5.41, 5.74) is 22.9. The van der Waals surface area contributed by atoms with Gasteiger partial charge in [-0.3, -0.25) is 0 Å². The first-order chi connectivity index (χ1) is 31.8. The zero-order chi connectivity index (χ0) is 42.2. The minimum atomic E-state index is -0.529. The number of rotatable bonds is 6. The normalized spacial score (nSPS) is 14.8. The van der Waals surface area contributed by atoms with Gasteiger partial charge in [0.25, 0.3) is 0 Å². The number of para-hydroxylation sites is 2. The molecular formula is C62H42N2. The van der Waals surface area contributed by atoms with Gasteiger partial charge in [-0.05, 0) is 115 Å². The molecular weight excluding hydrogens is 773 g/mol. The van der Waals surface area contributed by atoms with E-state index in [-0.39, 0.29) is 5.92 Å². The van der Waals surface area contributed by atoms with E-state index in [9.17, 15) is 0 Å². The SMILES string of the molecule is c1ccc(C2c3ccccc3-c3cc(-c4ccc5c(c4)N(c4ccccc4)c4ccc6c(c4N5c4ccccc4)-c4ccccc4C6(c4ccccc4)c4ccccc4)ccc32)cc1. The summed E-state index contributed by atoms with van der Waals surface area (Å²) in [4.78, 5) is 5.02. The van der Waals surface area contributed by atoms with Crippen LogP contribution in [-0.4, -0.2) is 0 Å². The van der Waals surface area contributed by atoms with E-state index in [4.69, 9.17) is 0 Å². The summed E-state index contributed by atoms with van der Waals surface area (Å²) in [5, 5.41) is 0. The van der Waals surface area contributed by atoms with Gasteiger partial charge in [0.15, 0.2) is 0 Å². The molecule has 64 heavy (non-hydrogen) atoms. The fraction of sp³-hybridized carbons (Fsp3) is 0.0323. The third kappa shape index (κ3) is 5.26. The van der Waals surface area contributed by atoms with Gasteiger partial charge in [0.2, 0.25) is 0 Å². The Hall–Kier alpha value is -8.20. The van der Waals surface area contributed by atoms with Gasteiger partial charge in [-0.15, -0.1) is 0 Å². The number of hydrogen-bond donors (Lipinski definition) is 0. The molecule has 1 aliphatic heterocycles. The lowest BCUT2D eigenvalue weighted by Gasteiger charge is -2.42. The van der Waals surface area contributed by atoms with Crippen molar-refractivity contribution in [2.24, 2.45) is 0 Å². The quantitative estimate of drug-likeness (QED) is 0.165. The molecule has 0 saturated heterocycles. The van der Waals surface area contributed by atoms with Crippen molar-refractivity contribution >= 4 is 34.1 Å². The highest BCUT2D eigenvalue weighted by Gasteiger charge is 2.49. The Morgan fingerprint density at radius 2 is 0.844 bits per heavy atom. The van der Waals surface area contributed by atoms with Crippen LogP contribution in [0.5, 0.6) is 0 Å². The van der Waals surface area contributed by atoms with Gasteiger partial charge in [0, 0.05) is 22.9 Å². The summed E-state index contributed by atoms with van der Waals surface area (Å²) >= 11 is 0. The van der Waals surface area contributed by atoms with Crippen molar-refractivity contribution in [2.75, 3.05) is 9.80 Å². The Morgan fingerprint density at radius 3 is 1.53 bits per heavy atom. The fourth-order valence-corrected chi connectivity index (χ4v) is 11.3. The monoisotopic (exact) mass is 814 g/mol. The lowest BCUT2D eigenvalue weighted by atomic mass is 9.67. The van der Waals surface area contributed by atoms with E-state index in [2.05, 4.69) is 259 Å². The van der Waals surface area contributed by atoms with Crippen LogP contribution in [0.2, 0.25) is 0 Å². The van der Waals surface area contributed by atoms with Crippen molar-refractivity contribution in [3.8, 4) is 33.4 Å². The first kappa shape index (κ1) is 36.5. The molecule has 0 spiro atoms. The molecule has 0 amide bonds. The molecule has 13 rings (SSSR count). The van der Waals surface area contributed by atoms with Crippen molar-refractivity contribution < 1.29 is 0 Å². The Kier molecular flexibility index (Phi) is 8.23. The summed E-state index contributed by atoms with van der Waals surface area (Å²) < 4.78 is 0. The molecule has 0 fully saturated rings. The lowest BCUT2D eigenvalue weighted by Crippen LogP contribution is -2.29. The first-order valence-electron chi connectivity index (χ1n) is 22.3. The van der Waals surface area contributed by atoms with Crippen molar-refractivity contribution in [3.63, 3.8) is 0 Å². The van der Waals surface area contributed by atoms with Crippen LogP contribution in [-0.2, 0) is 5.41 Å². The molecule has 10 aromatic carbocycles. The number of fused-ring (bicyclic) bond motifs is 9. The molecule has 1 atom stereocenters. The average molecular weight is 815 g/mol. The lowest BCUT2D eigenvalue weighted by molar-refractivity contribution is 0.768. The van der Waals surface area contributed by atoms with E-state index in [0.29, 0.717) is 0 Å². The highest BCUT2D eigenvalue weighted by Crippen LogP contribution is 2.65. The molecule has 3 aliphatic rings. The summed E-state index contributed by atoms with van der Waals surface area (Å²) in [6, 6.07) is 92.1. The second-order valence-electron chi connectivity index (χ2n) is 17.2. The second kappa shape index (κ2) is 14.4. The zero-order valence-corrected chi connectivity index (χ0v) is 35.1. The molecule has 2 aliphatic carbocycles. The highest BCUT2D eigenvalue weighted by atomic mass is 15.3. The minimum absolute atomic E-state index is 0.212. The van der Waals surface area contributed by atoms with E-state index in [1.54, 1.807) is 0 Å². The van der Waals surface area contributed by atoms with Gasteiger partial charge in [0.05, 0.1) is 28.2 Å². The third-order valence-corrected chi connectivity index (χ3v) is 13.9. The zero-order valence-electron chi connectivity index (χ0n) is 35.1. The predicted octanol–water partition coefficient (Wildman–Crippen LogP) is 16.1. The predicted molar refractivity (Wildman–Crippen MR) is 265 cm³/mol. The number of anilines is 6. The van der Waals surface area contributed by atoms with Crippen molar-refractivity contribution in [2.45, 2.75) is 11.3 Å². The largest absolute Gasteiger partial charge is 0.306 e. The van der Waals surface area contributed by atoms with E-state index in [0.717, 1.165) is 28.4 Å². The van der Waals surface area contributed by atoms with Crippen LogP contribution in [0.4, 0.5) is 34.1 Å². The van der Waals surface area contributed by atoms with Crippen LogP contribution in [0.15, 0.2) is 249 Å². The average Bonchev–Trinajstić information content (AvgIpc) is 3.87. The molecule has 0 N–H and O–H groups in total. The van der Waals surface area contributed by atoms with E-state index in [1.165, 1.54) is 78.0 Å². The van der Waals surface area contributed by atoms with Gasteiger partial charge >= 0.3 is 0 Å². The molecule has 2 heteroatoms. The maximum Gasteiger partial charge on any atom is 0.0785 e. The van der Waals surface area contributed by atoms with Crippen LogP contribution in [0, 0.1) is 0 Å². The highest BCUT2D eigenvalue weighted by molar-refractivity contribution is 6.10. The Labute approximate surface area is 374 Å². The number of nitrogens with zero attached hydrogens (tertiary/aromatic N) is 2. The topological polar surface area (TPSA) is 6.48 Å². The Bertz CT molecular complexity index is 3340. The van der Waals surface area contributed by atoms with Gasteiger partial charge < -0.3 is 9.80 Å². The van der Waals surface area contributed by atoms with Crippen LogP contribution in [0.1, 0.15) is 44.9 Å². The van der Waals surface area contributed by atoms with Gasteiger partial charge in [-0.25, -0.2) is 0 Å². The van der Waals surface area contributed by atoms with E-state index < -0.39 is 5.41 Å². The van der Waals surface area contributed by atoms with Gasteiger partial charge in [-0.2, -0.15) is 0 Å². The molecule has 1 heterocycles. The Morgan fingerprint density at radius 1 is 0.328 bits per heavy atom. The maximum atomic E-state index is 2.53. The molecule has 1 unspecified atom stereocenters. The van der Waals surface area contributed by atoms with Gasteiger partial charge in [0.1, 0.15) is 0 Å². The van der Waals surface area contributed by atoms with Crippen molar-refractivity contribution in [1.29, 1.82) is 0 Å². The summed E-state index contributed by atoms with van der Waals surface area (Å²) in [6.45, 7) is 0. The first-order valence-corrected chi connectivity index (χ1v) is 22.3. The molecule has 300 valence electrons. The molecule has 0 bridgehead atoms. The summed E-state index contributed by atoms with van der Waals surface area (Å²) in [6.07, 6.45) is 0. The van der Waals surface area contributed by atoms with Crippen LogP contribution >= 0.6 is 0 Å². The van der Waals surface area contributed by atoms with E-state index >= 15 is 0 Å². The van der Waals surface area contributed by atoms with Crippen molar-refractivity contribution in [1.82, 2.24) is 0 Å². The van der Waals surface area contributed by atoms with Crippen LogP contribution in [0.25, 0.3) is 33.4 Å². The number of hydrogen-bond acceptors (Lipinski definition) is 2. The molecule has 2 nitrogen and oxygen atoms in total. The molecule has 10 aromatic rings. The smallest absolute Gasteiger partial charge is 0.0785 e. The van der Waals surface area contributed by atoms with Crippen LogP contribution < -0.4 is 9.80 Å². The standard InChI is InChI=1S/C62H42N2/c1-6-20-42(21-7-1)59-50-31-17-16-30-49(50)53-40-43(34-36-51(53)59)44-35-38-56-58(41-44)63(47-26-12-4-13-27-47)57-39-37-55-60(61(57)64(56)48-28-14-5-15-29-48)52-32-18-19-33-54(52)62(55,45-22-8-2-9-23-45)46-24-10-3-11-25-46/h1-41,59H. The van der Waals surface area contributed by atoms with Crippen molar-refractivity contribution in [3.05, 3.63) is 288 Å². The number of benzene rings is 10. The minimum Gasteiger partial charge on any atom is -0.306 e. The molecule has 0 aromatic heterocycles. The van der Waals surface area contributed by atoms with Crippen LogP contribution in [0.3, 0.4) is 0 Å². The Balaban J connectivity index is 1.06. The summed E-state index contributed by atoms with van der Waals surface area (Å²) in [5.74, 6) is 0.212. The third-order valence-electron chi connectivity index (χ3n) is 13.9. The fourth-order valence-electron chi connectivity index (χ4n) is 11.3. The summed E-state index contributed by atoms with van der Waals surface area (Å²) in [7, 11) is 0. The van der Waals surface area contributed by atoms with E-state index in [1.807, 2.05) is 0 Å².